The van der Waals surface area contributed by atoms with Gasteiger partial charge in [0.25, 0.3) is 0 Å². The standard InChI is InChI=1S/C14H16N4OS/c1-8-16-6-10(20-8)7-17-13-4-9-2-3-14(19)18-12(9)5-11(13)15/h4-6,17H,2-3,7,15H2,1H3,(H,18,19). The molecule has 2 heterocycles. The molecule has 0 bridgehead atoms. The first-order chi connectivity index (χ1) is 9.61. The van der Waals surface area contributed by atoms with Crippen molar-refractivity contribution in [3.8, 4) is 0 Å². The van der Waals surface area contributed by atoms with E-state index in [0.29, 0.717) is 18.7 Å². The number of carbonyl (C=O) groups excluding carboxylic acids is 1. The Hall–Kier alpha value is -2.08. The van der Waals surface area contributed by atoms with Gasteiger partial charge < -0.3 is 16.4 Å². The highest BCUT2D eigenvalue weighted by Gasteiger charge is 2.16. The lowest BCUT2D eigenvalue weighted by Gasteiger charge is -2.19. The molecule has 6 heteroatoms. The fourth-order valence-corrected chi connectivity index (χ4v) is 3.00. The molecule has 0 fully saturated rings. The highest BCUT2D eigenvalue weighted by Crippen LogP contribution is 2.31. The smallest absolute Gasteiger partial charge is 0.224 e. The number of hydrogen-bond acceptors (Lipinski definition) is 5. The van der Waals surface area contributed by atoms with Crippen molar-refractivity contribution in [2.24, 2.45) is 0 Å². The number of nitrogens with one attached hydrogen (secondary N) is 2. The fraction of sp³-hybridized carbons (Fsp3) is 0.286. The number of rotatable bonds is 3. The van der Waals surface area contributed by atoms with Gasteiger partial charge in [-0.1, -0.05) is 0 Å². The number of benzene rings is 1. The first kappa shape index (κ1) is 12.9. The predicted molar refractivity (Wildman–Crippen MR) is 82.0 cm³/mol. The van der Waals surface area contributed by atoms with Crippen LogP contribution in [0.2, 0.25) is 0 Å². The molecular weight excluding hydrogens is 272 g/mol. The quantitative estimate of drug-likeness (QED) is 0.758. The van der Waals surface area contributed by atoms with E-state index in [1.54, 1.807) is 11.3 Å². The van der Waals surface area contributed by atoms with E-state index in [1.165, 1.54) is 4.88 Å². The Morgan fingerprint density at radius 1 is 1.45 bits per heavy atom. The SMILES string of the molecule is Cc1ncc(CNc2cc3c(cc2N)NC(=O)CC3)s1. The Bertz CT molecular complexity index is 665. The van der Waals surface area contributed by atoms with Gasteiger partial charge in [0.15, 0.2) is 0 Å². The lowest BCUT2D eigenvalue weighted by atomic mass is 10.0. The summed E-state index contributed by atoms with van der Waals surface area (Å²) in [5.74, 6) is 0.0535. The third kappa shape index (κ3) is 2.60. The summed E-state index contributed by atoms with van der Waals surface area (Å²) in [4.78, 5) is 16.8. The minimum absolute atomic E-state index is 0.0535. The second-order valence-corrected chi connectivity index (χ2v) is 6.16. The van der Waals surface area contributed by atoms with Crippen LogP contribution in [0.3, 0.4) is 0 Å². The highest BCUT2D eigenvalue weighted by atomic mass is 32.1. The summed E-state index contributed by atoms with van der Waals surface area (Å²) in [7, 11) is 0. The second kappa shape index (κ2) is 5.13. The van der Waals surface area contributed by atoms with Gasteiger partial charge in [0, 0.05) is 23.2 Å². The van der Waals surface area contributed by atoms with Crippen LogP contribution in [-0.4, -0.2) is 10.9 Å². The van der Waals surface area contributed by atoms with Crippen LogP contribution in [0.15, 0.2) is 18.3 Å². The molecule has 0 spiro atoms. The Kier molecular flexibility index (Phi) is 3.31. The molecule has 4 N–H and O–H groups in total. The molecule has 2 aromatic rings. The molecule has 5 nitrogen and oxygen atoms in total. The Morgan fingerprint density at radius 3 is 3.05 bits per heavy atom. The number of anilines is 3. The van der Waals surface area contributed by atoms with Crippen molar-refractivity contribution in [1.29, 1.82) is 0 Å². The molecule has 1 aliphatic rings. The van der Waals surface area contributed by atoms with E-state index in [0.717, 1.165) is 28.4 Å². The van der Waals surface area contributed by atoms with Crippen LogP contribution in [0, 0.1) is 6.92 Å². The van der Waals surface area contributed by atoms with Gasteiger partial charge in [0.2, 0.25) is 5.91 Å². The van der Waals surface area contributed by atoms with E-state index in [4.69, 9.17) is 5.73 Å². The van der Waals surface area contributed by atoms with Crippen molar-refractivity contribution >= 4 is 34.3 Å². The zero-order valence-corrected chi connectivity index (χ0v) is 12.0. The number of hydrogen-bond donors (Lipinski definition) is 3. The number of thiazole rings is 1. The first-order valence-electron chi connectivity index (χ1n) is 6.49. The molecule has 104 valence electrons. The summed E-state index contributed by atoms with van der Waals surface area (Å²) in [6, 6.07) is 3.85. The molecule has 0 unspecified atom stereocenters. The number of aromatic nitrogens is 1. The number of aryl methyl sites for hydroxylation is 2. The van der Waals surface area contributed by atoms with Crippen molar-refractivity contribution in [3.63, 3.8) is 0 Å². The minimum atomic E-state index is 0.0535. The zero-order valence-electron chi connectivity index (χ0n) is 11.2. The number of nitrogens with two attached hydrogens (primary N) is 1. The van der Waals surface area contributed by atoms with Gasteiger partial charge in [-0.25, -0.2) is 4.98 Å². The van der Waals surface area contributed by atoms with E-state index >= 15 is 0 Å². The lowest BCUT2D eigenvalue weighted by molar-refractivity contribution is -0.116. The molecular formula is C14H16N4OS. The first-order valence-corrected chi connectivity index (χ1v) is 7.31. The number of nitrogen functional groups attached to an aromatic ring is 1. The third-order valence-corrected chi connectivity index (χ3v) is 4.21. The topological polar surface area (TPSA) is 80.0 Å². The molecule has 1 amide bonds. The maximum absolute atomic E-state index is 11.4. The number of carbonyl (C=O) groups is 1. The van der Waals surface area contributed by atoms with Crippen LogP contribution in [0.25, 0.3) is 0 Å². The third-order valence-electron chi connectivity index (χ3n) is 3.29. The molecule has 0 aliphatic carbocycles. The average Bonchev–Trinajstić information content (AvgIpc) is 2.82. The van der Waals surface area contributed by atoms with E-state index in [9.17, 15) is 4.79 Å². The predicted octanol–water partition coefficient (Wildman–Crippen LogP) is 2.53. The van der Waals surface area contributed by atoms with Crippen molar-refractivity contribution in [3.05, 3.63) is 33.8 Å². The van der Waals surface area contributed by atoms with Gasteiger partial charge in [-0.05, 0) is 31.0 Å². The van der Waals surface area contributed by atoms with Crippen molar-refractivity contribution < 1.29 is 4.79 Å². The van der Waals surface area contributed by atoms with Gasteiger partial charge in [-0.3, -0.25) is 4.79 Å². The molecule has 0 saturated carbocycles. The van der Waals surface area contributed by atoms with E-state index in [-0.39, 0.29) is 5.91 Å². The van der Waals surface area contributed by atoms with E-state index in [1.807, 2.05) is 25.3 Å². The van der Waals surface area contributed by atoms with Crippen LogP contribution in [0.1, 0.15) is 21.9 Å². The monoisotopic (exact) mass is 288 g/mol. The normalized spacial score (nSPS) is 13.8. The van der Waals surface area contributed by atoms with Crippen LogP contribution < -0.4 is 16.4 Å². The summed E-state index contributed by atoms with van der Waals surface area (Å²) >= 11 is 1.67. The molecule has 3 rings (SSSR count). The summed E-state index contributed by atoms with van der Waals surface area (Å²) < 4.78 is 0. The van der Waals surface area contributed by atoms with Crippen LogP contribution in [-0.2, 0) is 17.8 Å². The van der Waals surface area contributed by atoms with E-state index < -0.39 is 0 Å². The Morgan fingerprint density at radius 2 is 2.30 bits per heavy atom. The number of amides is 1. The van der Waals surface area contributed by atoms with Gasteiger partial charge in [0.1, 0.15) is 0 Å². The van der Waals surface area contributed by atoms with Gasteiger partial charge in [-0.2, -0.15) is 0 Å². The maximum atomic E-state index is 11.4. The molecule has 0 atom stereocenters. The molecule has 1 aromatic heterocycles. The van der Waals surface area contributed by atoms with Crippen molar-refractivity contribution in [1.82, 2.24) is 4.98 Å². The lowest BCUT2D eigenvalue weighted by Crippen LogP contribution is -2.19. The summed E-state index contributed by atoms with van der Waals surface area (Å²) in [5.41, 5.74) is 9.55. The molecule has 1 aliphatic heterocycles. The fourth-order valence-electron chi connectivity index (χ4n) is 2.27. The van der Waals surface area contributed by atoms with Gasteiger partial charge >= 0.3 is 0 Å². The van der Waals surface area contributed by atoms with E-state index in [2.05, 4.69) is 15.6 Å². The summed E-state index contributed by atoms with van der Waals surface area (Å²) in [6.07, 6.45) is 3.17. The van der Waals surface area contributed by atoms with Crippen LogP contribution >= 0.6 is 11.3 Å². The molecule has 20 heavy (non-hydrogen) atoms. The largest absolute Gasteiger partial charge is 0.397 e. The van der Waals surface area contributed by atoms with Gasteiger partial charge in [0.05, 0.1) is 22.9 Å². The van der Waals surface area contributed by atoms with Gasteiger partial charge in [-0.15, -0.1) is 11.3 Å². The second-order valence-electron chi connectivity index (χ2n) is 4.84. The van der Waals surface area contributed by atoms with Crippen molar-refractivity contribution in [2.45, 2.75) is 26.3 Å². The Labute approximate surface area is 121 Å². The molecule has 1 aromatic carbocycles. The minimum Gasteiger partial charge on any atom is -0.397 e. The number of nitrogens with zero attached hydrogens (tertiary/aromatic N) is 1. The van der Waals surface area contributed by atoms with Crippen molar-refractivity contribution in [2.75, 3.05) is 16.4 Å². The van der Waals surface area contributed by atoms with Crippen LogP contribution in [0.5, 0.6) is 0 Å². The average molecular weight is 288 g/mol. The van der Waals surface area contributed by atoms with Crippen LogP contribution in [0.4, 0.5) is 17.1 Å². The molecule has 0 radical (unpaired) electrons. The zero-order chi connectivity index (χ0) is 14.1. The number of fused-ring (bicyclic) bond motifs is 1. The summed E-state index contributed by atoms with van der Waals surface area (Å²) in [5, 5.41) is 7.25. The molecule has 0 saturated heterocycles. The Balaban J connectivity index is 1.78. The highest BCUT2D eigenvalue weighted by molar-refractivity contribution is 7.11. The summed E-state index contributed by atoms with van der Waals surface area (Å²) in [6.45, 7) is 2.70. The maximum Gasteiger partial charge on any atom is 0.224 e.